The van der Waals surface area contributed by atoms with E-state index in [0.717, 1.165) is 12.8 Å². The maximum atomic E-state index is 12.4. The number of ether oxygens (including phenoxy) is 1. The lowest BCUT2D eigenvalue weighted by Gasteiger charge is -2.30. The lowest BCUT2D eigenvalue weighted by Crippen LogP contribution is -2.41. The van der Waals surface area contributed by atoms with Crippen molar-refractivity contribution in [2.75, 3.05) is 32.5 Å². The van der Waals surface area contributed by atoms with Crippen LogP contribution in [0.15, 0.2) is 18.2 Å². The van der Waals surface area contributed by atoms with Gasteiger partial charge in [-0.1, -0.05) is 11.6 Å². The Hall–Kier alpha value is -1.35. The third-order valence-electron chi connectivity index (χ3n) is 4.57. The number of carbonyl (C=O) groups excluding carboxylic acids is 1. The van der Waals surface area contributed by atoms with Gasteiger partial charge in [0.2, 0.25) is 10.0 Å². The highest BCUT2D eigenvalue weighted by atomic mass is 35.5. The Morgan fingerprint density at radius 3 is 2.54 bits per heavy atom. The lowest BCUT2D eigenvalue weighted by atomic mass is 10.1. The third-order valence-corrected chi connectivity index (χ3v) is 6.17. The van der Waals surface area contributed by atoms with E-state index in [1.807, 2.05) is 0 Å². The van der Waals surface area contributed by atoms with Gasteiger partial charge in [0.25, 0.3) is 5.91 Å². The summed E-state index contributed by atoms with van der Waals surface area (Å²) in [7, 11) is -3.16. The number of amides is 1. The second-order valence-electron chi connectivity index (χ2n) is 6.57. The molecule has 2 fully saturated rings. The lowest BCUT2D eigenvalue weighted by molar-refractivity contribution is -0.144. The summed E-state index contributed by atoms with van der Waals surface area (Å²) in [5, 5.41) is 1.73. The zero-order chi connectivity index (χ0) is 18.7. The van der Waals surface area contributed by atoms with Gasteiger partial charge in [-0.05, 0) is 43.9 Å². The molecule has 0 aliphatic carbocycles. The van der Waals surface area contributed by atoms with Crippen molar-refractivity contribution in [2.24, 2.45) is 0 Å². The molecule has 0 spiro atoms. The first-order chi connectivity index (χ1) is 12.3. The molecule has 7 nitrogen and oxygen atoms in total. The number of halogens is 1. The predicted octanol–water partition coefficient (Wildman–Crippen LogP) is 2.31. The zero-order valence-electron chi connectivity index (χ0n) is 14.7. The smallest absolute Gasteiger partial charge is 0.277 e. The highest BCUT2D eigenvalue weighted by Crippen LogP contribution is 2.29. The first-order valence-electron chi connectivity index (χ1n) is 8.71. The number of rotatable bonds is 4. The van der Waals surface area contributed by atoms with Gasteiger partial charge in [-0.25, -0.2) is 17.8 Å². The Labute approximate surface area is 158 Å². The van der Waals surface area contributed by atoms with E-state index in [1.54, 1.807) is 18.2 Å². The fourth-order valence-corrected chi connectivity index (χ4v) is 4.19. The number of hydrogen-bond donors (Lipinski definition) is 0. The maximum absolute atomic E-state index is 12.4. The van der Waals surface area contributed by atoms with Gasteiger partial charge < -0.3 is 4.74 Å². The van der Waals surface area contributed by atoms with E-state index in [0.29, 0.717) is 55.4 Å². The minimum atomic E-state index is -3.16. The van der Waals surface area contributed by atoms with Crippen LogP contribution in [0, 0.1) is 0 Å². The van der Waals surface area contributed by atoms with Crippen LogP contribution in [0.25, 0.3) is 0 Å². The van der Waals surface area contributed by atoms with Crippen molar-refractivity contribution in [3.63, 3.8) is 0 Å². The first-order valence-corrected chi connectivity index (χ1v) is 10.9. The number of piperidine rings is 1. The first kappa shape index (κ1) is 19.4. The van der Waals surface area contributed by atoms with Crippen molar-refractivity contribution in [1.29, 1.82) is 0 Å². The summed E-state index contributed by atoms with van der Waals surface area (Å²) in [4.78, 5) is 17.8. The summed E-state index contributed by atoms with van der Waals surface area (Å²) < 4.78 is 30.5. The molecule has 1 aromatic carbocycles. The van der Waals surface area contributed by atoms with Gasteiger partial charge in [0.15, 0.2) is 0 Å². The Morgan fingerprint density at radius 2 is 1.96 bits per heavy atom. The van der Waals surface area contributed by atoms with Crippen molar-refractivity contribution >= 4 is 27.5 Å². The molecule has 2 saturated heterocycles. The summed E-state index contributed by atoms with van der Waals surface area (Å²) in [5.41, 5.74) is 0.455. The third kappa shape index (κ3) is 4.68. The molecule has 0 N–H and O–H groups in total. The van der Waals surface area contributed by atoms with Crippen LogP contribution in [0.5, 0.6) is 5.75 Å². The molecule has 2 heterocycles. The Kier molecular flexibility index (Phi) is 6.06. The molecular formula is C17H23ClN2O5S. The van der Waals surface area contributed by atoms with Gasteiger partial charge in [0.1, 0.15) is 11.9 Å². The van der Waals surface area contributed by atoms with Crippen LogP contribution in [0.4, 0.5) is 0 Å². The molecule has 1 amide bonds. The number of benzene rings is 1. The molecule has 0 saturated carbocycles. The SMILES string of the molecule is CS(=O)(=O)N1CCC(Oc2ccc(C(=O)N3CCCCO3)cc2Cl)CC1. The van der Waals surface area contributed by atoms with Crippen molar-refractivity contribution < 1.29 is 22.8 Å². The summed E-state index contributed by atoms with van der Waals surface area (Å²) in [6.07, 6.45) is 4.20. The second-order valence-corrected chi connectivity index (χ2v) is 8.96. The van der Waals surface area contributed by atoms with Crippen molar-refractivity contribution in [1.82, 2.24) is 9.37 Å². The highest BCUT2D eigenvalue weighted by Gasteiger charge is 2.27. The molecule has 0 unspecified atom stereocenters. The van der Waals surface area contributed by atoms with Gasteiger partial charge in [-0.3, -0.25) is 9.63 Å². The van der Waals surface area contributed by atoms with Crippen LogP contribution >= 0.6 is 11.6 Å². The largest absolute Gasteiger partial charge is 0.489 e. The van der Waals surface area contributed by atoms with E-state index in [2.05, 4.69) is 0 Å². The molecule has 2 aliphatic heterocycles. The molecule has 9 heteroatoms. The van der Waals surface area contributed by atoms with Crippen LogP contribution in [0.3, 0.4) is 0 Å². The number of hydrogen-bond acceptors (Lipinski definition) is 5. The van der Waals surface area contributed by atoms with Crippen molar-refractivity contribution in [2.45, 2.75) is 31.8 Å². The predicted molar refractivity (Wildman–Crippen MR) is 97.7 cm³/mol. The van der Waals surface area contributed by atoms with E-state index in [4.69, 9.17) is 21.2 Å². The van der Waals surface area contributed by atoms with Crippen LogP contribution in [-0.2, 0) is 14.9 Å². The molecule has 0 aromatic heterocycles. The molecule has 0 bridgehead atoms. The van der Waals surface area contributed by atoms with E-state index >= 15 is 0 Å². The van der Waals surface area contributed by atoms with Crippen LogP contribution in [0.2, 0.25) is 5.02 Å². The number of hydroxylamine groups is 2. The summed E-state index contributed by atoms with van der Waals surface area (Å²) in [6.45, 7) is 1.99. The van der Waals surface area contributed by atoms with Crippen LogP contribution in [-0.4, -0.2) is 62.3 Å². The minimum Gasteiger partial charge on any atom is -0.489 e. The number of carbonyl (C=O) groups is 1. The summed E-state index contributed by atoms with van der Waals surface area (Å²) >= 11 is 6.29. The minimum absolute atomic E-state index is 0.0996. The molecule has 0 atom stereocenters. The monoisotopic (exact) mass is 402 g/mol. The van der Waals surface area contributed by atoms with Gasteiger partial charge in [-0.15, -0.1) is 0 Å². The molecular weight excluding hydrogens is 380 g/mol. The van der Waals surface area contributed by atoms with Gasteiger partial charge in [-0.2, -0.15) is 0 Å². The Morgan fingerprint density at radius 1 is 1.23 bits per heavy atom. The molecule has 0 radical (unpaired) electrons. The normalized spacial score (nSPS) is 20.2. The van der Waals surface area contributed by atoms with Gasteiger partial charge in [0.05, 0.1) is 17.9 Å². The molecule has 2 aliphatic rings. The van der Waals surface area contributed by atoms with Gasteiger partial charge in [0, 0.05) is 25.2 Å². The highest BCUT2D eigenvalue weighted by molar-refractivity contribution is 7.88. The average molecular weight is 403 g/mol. The van der Waals surface area contributed by atoms with E-state index in [-0.39, 0.29) is 12.0 Å². The van der Waals surface area contributed by atoms with E-state index in [1.165, 1.54) is 15.6 Å². The topological polar surface area (TPSA) is 76.2 Å². The van der Waals surface area contributed by atoms with Crippen LogP contribution < -0.4 is 4.74 Å². The average Bonchev–Trinajstić information content (AvgIpc) is 2.63. The number of nitrogens with zero attached hydrogens (tertiary/aromatic N) is 2. The van der Waals surface area contributed by atoms with Crippen molar-refractivity contribution in [3.05, 3.63) is 28.8 Å². The molecule has 3 rings (SSSR count). The number of sulfonamides is 1. The quantitative estimate of drug-likeness (QED) is 0.772. The Balaban J connectivity index is 1.61. The van der Waals surface area contributed by atoms with E-state index in [9.17, 15) is 13.2 Å². The molecule has 26 heavy (non-hydrogen) atoms. The van der Waals surface area contributed by atoms with E-state index < -0.39 is 10.0 Å². The standard InChI is InChI=1S/C17H23ClN2O5S/c1-26(22,23)19-9-6-14(7-10-19)25-16-5-4-13(12-15(16)18)17(21)20-8-2-3-11-24-20/h4-5,12,14H,2-3,6-11H2,1H3. The zero-order valence-corrected chi connectivity index (χ0v) is 16.3. The fourth-order valence-electron chi connectivity index (χ4n) is 3.09. The van der Waals surface area contributed by atoms with Crippen molar-refractivity contribution in [3.8, 4) is 5.75 Å². The fraction of sp³-hybridized carbons (Fsp3) is 0.588. The summed E-state index contributed by atoms with van der Waals surface area (Å²) in [6, 6.07) is 4.94. The Bertz CT molecular complexity index is 756. The second kappa shape index (κ2) is 8.12. The summed E-state index contributed by atoms with van der Waals surface area (Å²) in [5.74, 6) is 0.292. The van der Waals surface area contributed by atoms with Crippen LogP contribution in [0.1, 0.15) is 36.0 Å². The maximum Gasteiger partial charge on any atom is 0.277 e. The molecule has 1 aromatic rings. The van der Waals surface area contributed by atoms with Gasteiger partial charge >= 0.3 is 0 Å². The molecule has 144 valence electrons.